The first-order chi connectivity index (χ1) is 17.2. The first-order valence-electron chi connectivity index (χ1n) is 14.9. The van der Waals surface area contributed by atoms with Gasteiger partial charge in [0.05, 0.1) is 19.3 Å². The van der Waals surface area contributed by atoms with Crippen molar-refractivity contribution in [2.75, 3.05) is 6.61 Å². The van der Waals surface area contributed by atoms with Gasteiger partial charge in [-0.15, -0.1) is 0 Å². The van der Waals surface area contributed by atoms with Crippen molar-refractivity contribution < 1.29 is 18.3 Å². The molecule has 0 saturated carbocycles. The van der Waals surface area contributed by atoms with Crippen LogP contribution in [-0.2, 0) is 31.4 Å². The molecule has 2 heterocycles. The second kappa shape index (κ2) is 11.9. The predicted octanol–water partition coefficient (Wildman–Crippen LogP) is 9.00. The minimum Gasteiger partial charge on any atom is -0.413 e. The lowest BCUT2D eigenvalue weighted by Crippen LogP contribution is -2.53. The minimum atomic E-state index is -2.11. The van der Waals surface area contributed by atoms with Crippen molar-refractivity contribution in [1.82, 2.24) is 0 Å². The molecule has 0 bridgehead atoms. The minimum absolute atomic E-state index is 0.0117. The van der Waals surface area contributed by atoms with E-state index in [1.807, 2.05) is 0 Å². The molecule has 1 aromatic rings. The molecule has 212 valence electrons. The lowest BCUT2D eigenvalue weighted by molar-refractivity contribution is -0.242. The van der Waals surface area contributed by atoms with Crippen molar-refractivity contribution in [1.29, 1.82) is 0 Å². The van der Waals surface area contributed by atoms with Crippen LogP contribution in [0, 0.1) is 0 Å². The van der Waals surface area contributed by atoms with Gasteiger partial charge in [0, 0.05) is 12.8 Å². The summed E-state index contributed by atoms with van der Waals surface area (Å²) in [4.78, 5) is 0. The smallest absolute Gasteiger partial charge is 0.200 e. The summed E-state index contributed by atoms with van der Waals surface area (Å²) >= 11 is 0. The Morgan fingerprint density at radius 3 is 1.73 bits per heavy atom. The van der Waals surface area contributed by atoms with E-state index in [0.717, 1.165) is 12.8 Å². The zero-order valence-corrected chi connectivity index (χ0v) is 27.9. The SMILES string of the molecule is CC(C)[Si](OCC1O[C@@]2(Cc3ccccc3CO2)C[C@@H]1O[Si](C(C)C)(C(C)C)C(C)C)(C(C)C)C(C)C. The molecule has 0 radical (unpaired) electrons. The van der Waals surface area contributed by atoms with Crippen LogP contribution < -0.4 is 0 Å². The second-order valence-electron chi connectivity index (χ2n) is 13.6. The molecule has 2 aliphatic heterocycles. The van der Waals surface area contributed by atoms with Crippen LogP contribution in [0.1, 0.15) is 101 Å². The van der Waals surface area contributed by atoms with E-state index in [9.17, 15) is 0 Å². The molecule has 1 fully saturated rings. The van der Waals surface area contributed by atoms with Crippen LogP contribution in [0.5, 0.6) is 0 Å². The Balaban J connectivity index is 1.96. The van der Waals surface area contributed by atoms with Crippen LogP contribution in [0.4, 0.5) is 0 Å². The molecule has 1 aromatic carbocycles. The van der Waals surface area contributed by atoms with Gasteiger partial charge in [-0.25, -0.2) is 0 Å². The molecule has 4 nitrogen and oxygen atoms in total. The van der Waals surface area contributed by atoms with Crippen molar-refractivity contribution in [2.45, 2.75) is 154 Å². The summed E-state index contributed by atoms with van der Waals surface area (Å²) < 4.78 is 28.1. The number of hydrogen-bond donors (Lipinski definition) is 0. The fourth-order valence-corrected chi connectivity index (χ4v) is 19.2. The highest BCUT2D eigenvalue weighted by Crippen LogP contribution is 2.49. The summed E-state index contributed by atoms with van der Waals surface area (Å²) in [5.74, 6) is -0.629. The normalized spacial score (nSPS) is 25.0. The van der Waals surface area contributed by atoms with E-state index in [2.05, 4.69) is 107 Å². The summed E-state index contributed by atoms with van der Waals surface area (Å²) in [6.07, 6.45) is 1.43. The highest BCUT2D eigenvalue weighted by molar-refractivity contribution is 6.78. The number of benzene rings is 1. The van der Waals surface area contributed by atoms with Gasteiger partial charge in [0.25, 0.3) is 0 Å². The average Bonchev–Trinajstić information content (AvgIpc) is 3.12. The Labute approximate surface area is 230 Å². The van der Waals surface area contributed by atoms with Crippen LogP contribution >= 0.6 is 0 Å². The second-order valence-corrected chi connectivity index (χ2v) is 24.5. The van der Waals surface area contributed by atoms with E-state index >= 15 is 0 Å². The Morgan fingerprint density at radius 2 is 1.24 bits per heavy atom. The van der Waals surface area contributed by atoms with E-state index in [1.54, 1.807) is 0 Å². The zero-order chi connectivity index (χ0) is 27.8. The Morgan fingerprint density at radius 1 is 0.757 bits per heavy atom. The van der Waals surface area contributed by atoms with E-state index in [-0.39, 0.29) is 12.2 Å². The largest absolute Gasteiger partial charge is 0.413 e. The summed E-state index contributed by atoms with van der Waals surface area (Å²) in [6, 6.07) is 8.63. The lowest BCUT2D eigenvalue weighted by Gasteiger charge is -2.45. The molecular weight excluding hydrogens is 493 g/mol. The van der Waals surface area contributed by atoms with Crippen molar-refractivity contribution in [3.63, 3.8) is 0 Å². The van der Waals surface area contributed by atoms with Gasteiger partial charge in [-0.2, -0.15) is 0 Å². The van der Waals surface area contributed by atoms with E-state index in [0.29, 0.717) is 46.5 Å². The van der Waals surface area contributed by atoms with Gasteiger partial charge in [-0.3, -0.25) is 0 Å². The highest BCUT2D eigenvalue weighted by Gasteiger charge is 2.56. The van der Waals surface area contributed by atoms with Gasteiger partial charge in [-0.1, -0.05) is 107 Å². The third kappa shape index (κ3) is 5.85. The van der Waals surface area contributed by atoms with Gasteiger partial charge in [0.2, 0.25) is 8.32 Å². The lowest BCUT2D eigenvalue weighted by atomic mass is 9.94. The molecular formula is C31H56O4Si2. The van der Waals surface area contributed by atoms with Crippen molar-refractivity contribution in [3.05, 3.63) is 35.4 Å². The van der Waals surface area contributed by atoms with E-state index < -0.39 is 22.4 Å². The molecule has 0 amide bonds. The van der Waals surface area contributed by atoms with Crippen molar-refractivity contribution in [3.8, 4) is 0 Å². The molecule has 2 aliphatic rings. The molecule has 1 saturated heterocycles. The quantitative estimate of drug-likeness (QED) is 0.259. The van der Waals surface area contributed by atoms with Crippen LogP contribution in [0.25, 0.3) is 0 Å². The zero-order valence-electron chi connectivity index (χ0n) is 25.9. The Kier molecular flexibility index (Phi) is 10.0. The molecule has 3 atom stereocenters. The number of fused-ring (bicyclic) bond motifs is 1. The number of ether oxygens (including phenoxy) is 2. The third-order valence-corrected chi connectivity index (χ3v) is 21.8. The van der Waals surface area contributed by atoms with Crippen LogP contribution in [0.15, 0.2) is 24.3 Å². The molecule has 37 heavy (non-hydrogen) atoms. The van der Waals surface area contributed by atoms with Crippen molar-refractivity contribution >= 4 is 16.6 Å². The average molecular weight is 549 g/mol. The van der Waals surface area contributed by atoms with Crippen LogP contribution in [0.3, 0.4) is 0 Å². The maximum absolute atomic E-state index is 7.43. The maximum atomic E-state index is 7.43. The monoisotopic (exact) mass is 548 g/mol. The van der Waals surface area contributed by atoms with Gasteiger partial charge in [0.1, 0.15) is 6.10 Å². The summed E-state index contributed by atoms with van der Waals surface area (Å²) in [5, 5.41) is 0. The number of hydrogen-bond acceptors (Lipinski definition) is 4. The highest BCUT2D eigenvalue weighted by atomic mass is 28.4. The van der Waals surface area contributed by atoms with Gasteiger partial charge < -0.3 is 18.3 Å². The summed E-state index contributed by atoms with van der Waals surface area (Å²) in [5.41, 5.74) is 5.79. The third-order valence-electron chi connectivity index (χ3n) is 9.63. The molecule has 3 rings (SSSR count). The molecule has 6 heteroatoms. The Hall–Kier alpha value is -0.506. The Bertz CT molecular complexity index is 838. The van der Waals surface area contributed by atoms with Gasteiger partial charge in [-0.05, 0) is 44.4 Å². The standard InChI is InChI=1S/C31H56O4Si2/c1-21(2)36(22(3)4,23(5)6)33-20-30-29(35-37(24(7)8,25(9)10)26(11)12)18-31(34-30)17-27-15-13-14-16-28(27)19-32-31/h13-16,21-26,29-30H,17-20H2,1-12H3/t29-,30?,31-/m0/s1. The van der Waals surface area contributed by atoms with Crippen molar-refractivity contribution in [2.24, 2.45) is 0 Å². The fourth-order valence-electron chi connectivity index (χ4n) is 8.12. The molecule has 0 aliphatic carbocycles. The first-order valence-corrected chi connectivity index (χ1v) is 19.2. The number of rotatable bonds is 11. The molecule has 0 N–H and O–H groups in total. The topological polar surface area (TPSA) is 36.9 Å². The maximum Gasteiger partial charge on any atom is 0.200 e. The summed E-state index contributed by atoms with van der Waals surface area (Å²) in [6.45, 7) is 29.5. The fraction of sp³-hybridized carbons (Fsp3) is 0.806. The van der Waals surface area contributed by atoms with E-state index in [1.165, 1.54) is 11.1 Å². The van der Waals surface area contributed by atoms with E-state index in [4.69, 9.17) is 18.3 Å². The molecule has 1 unspecified atom stereocenters. The van der Waals surface area contributed by atoms with Gasteiger partial charge >= 0.3 is 0 Å². The first kappa shape index (κ1) is 31.0. The van der Waals surface area contributed by atoms with Crippen LogP contribution in [0.2, 0.25) is 33.2 Å². The summed E-state index contributed by atoms with van der Waals surface area (Å²) in [7, 11) is -4.14. The predicted molar refractivity (Wildman–Crippen MR) is 160 cm³/mol. The van der Waals surface area contributed by atoms with Gasteiger partial charge in [0.15, 0.2) is 14.1 Å². The molecule has 0 aromatic heterocycles. The molecule has 1 spiro atoms. The van der Waals surface area contributed by atoms with Crippen LogP contribution in [-0.4, -0.2) is 41.2 Å².